The molecule has 0 spiro atoms. The van der Waals surface area contributed by atoms with Crippen LogP contribution in [0.15, 0.2) is 30.3 Å². The van der Waals surface area contributed by atoms with Gasteiger partial charge in [-0.25, -0.2) is 0 Å². The van der Waals surface area contributed by atoms with Gasteiger partial charge in [-0.1, -0.05) is 37.3 Å². The van der Waals surface area contributed by atoms with Crippen molar-refractivity contribution >= 4 is 0 Å². The van der Waals surface area contributed by atoms with Crippen molar-refractivity contribution in [2.75, 3.05) is 26.3 Å². The number of benzene rings is 1. The summed E-state index contributed by atoms with van der Waals surface area (Å²) in [5, 5.41) is 10.3. The molecule has 1 heterocycles. The van der Waals surface area contributed by atoms with E-state index < -0.39 is 0 Å². The third kappa shape index (κ3) is 3.53. The summed E-state index contributed by atoms with van der Waals surface area (Å²) < 4.78 is 5.30. The van der Waals surface area contributed by atoms with Crippen LogP contribution in [0.2, 0.25) is 0 Å². The van der Waals surface area contributed by atoms with Crippen LogP contribution in [-0.4, -0.2) is 42.5 Å². The largest absolute Gasteiger partial charge is 0.379 e. The van der Waals surface area contributed by atoms with E-state index in [1.807, 2.05) is 18.2 Å². The second-order valence-corrected chi connectivity index (χ2v) is 4.73. The van der Waals surface area contributed by atoms with Crippen molar-refractivity contribution in [3.05, 3.63) is 35.9 Å². The first-order chi connectivity index (χ1) is 8.27. The van der Waals surface area contributed by atoms with Crippen LogP contribution in [0.3, 0.4) is 0 Å². The van der Waals surface area contributed by atoms with Crippen LogP contribution in [0.1, 0.15) is 12.5 Å². The topological polar surface area (TPSA) is 32.7 Å². The minimum atomic E-state index is -0.362. The molecule has 0 aliphatic carbocycles. The minimum absolute atomic E-state index is 0.246. The van der Waals surface area contributed by atoms with Gasteiger partial charge in [-0.3, -0.25) is 4.90 Å². The van der Waals surface area contributed by atoms with Crippen LogP contribution in [0, 0.1) is 5.92 Å². The Balaban J connectivity index is 1.88. The second-order valence-electron chi connectivity index (χ2n) is 4.73. The number of hydrogen-bond acceptors (Lipinski definition) is 3. The Labute approximate surface area is 103 Å². The van der Waals surface area contributed by atoms with Crippen molar-refractivity contribution < 1.29 is 9.84 Å². The number of rotatable bonds is 4. The number of hydrogen-bond donors (Lipinski definition) is 1. The molecule has 1 fully saturated rings. The maximum atomic E-state index is 10.3. The first-order valence-corrected chi connectivity index (χ1v) is 6.31. The fourth-order valence-corrected chi connectivity index (χ4v) is 2.29. The van der Waals surface area contributed by atoms with Crippen molar-refractivity contribution in [3.8, 4) is 0 Å². The Morgan fingerprint density at radius 1 is 1.24 bits per heavy atom. The summed E-state index contributed by atoms with van der Waals surface area (Å²) in [6, 6.07) is 10.3. The zero-order valence-corrected chi connectivity index (χ0v) is 10.4. The molecule has 0 bridgehead atoms. The maximum Gasteiger partial charge on any atom is 0.110 e. The Hall–Kier alpha value is -0.900. The van der Waals surface area contributed by atoms with Crippen LogP contribution >= 0.6 is 0 Å². The monoisotopic (exact) mass is 235 g/mol. The highest BCUT2D eigenvalue weighted by atomic mass is 16.5. The molecule has 3 heteroatoms. The SMILES string of the molecule is CC(Cc1ccccc1)C(O)N1CCOCC1. The lowest BCUT2D eigenvalue weighted by atomic mass is 9.99. The number of morpholine rings is 1. The molecule has 1 aliphatic heterocycles. The molecule has 1 N–H and O–H groups in total. The summed E-state index contributed by atoms with van der Waals surface area (Å²) in [4.78, 5) is 2.11. The van der Waals surface area contributed by atoms with Crippen LogP contribution < -0.4 is 0 Å². The zero-order chi connectivity index (χ0) is 12.1. The molecule has 0 aromatic heterocycles. The van der Waals surface area contributed by atoms with Gasteiger partial charge in [0.15, 0.2) is 0 Å². The summed E-state index contributed by atoms with van der Waals surface area (Å²) in [5.74, 6) is 0.246. The number of aliphatic hydroxyl groups excluding tert-OH is 1. The molecule has 2 rings (SSSR count). The van der Waals surface area contributed by atoms with Gasteiger partial charge in [0.25, 0.3) is 0 Å². The Morgan fingerprint density at radius 2 is 1.88 bits per heavy atom. The molecule has 3 nitrogen and oxygen atoms in total. The van der Waals surface area contributed by atoms with Crippen LogP contribution in [-0.2, 0) is 11.2 Å². The second kappa shape index (κ2) is 6.15. The predicted octanol–water partition coefficient (Wildman–Crippen LogP) is 1.52. The van der Waals surface area contributed by atoms with Crippen LogP contribution in [0.4, 0.5) is 0 Å². The summed E-state index contributed by atoms with van der Waals surface area (Å²) in [5.41, 5.74) is 1.28. The third-order valence-electron chi connectivity index (χ3n) is 3.33. The lowest BCUT2D eigenvalue weighted by Crippen LogP contribution is -2.46. The first-order valence-electron chi connectivity index (χ1n) is 6.31. The van der Waals surface area contributed by atoms with E-state index in [1.165, 1.54) is 5.56 Å². The summed E-state index contributed by atoms with van der Waals surface area (Å²) in [7, 11) is 0. The fourth-order valence-electron chi connectivity index (χ4n) is 2.29. The van der Waals surface area contributed by atoms with Crippen molar-refractivity contribution in [1.82, 2.24) is 4.90 Å². The Bertz CT molecular complexity index is 322. The van der Waals surface area contributed by atoms with E-state index >= 15 is 0 Å². The van der Waals surface area contributed by atoms with Crippen molar-refractivity contribution in [3.63, 3.8) is 0 Å². The molecule has 17 heavy (non-hydrogen) atoms. The molecule has 1 aromatic carbocycles. The van der Waals surface area contributed by atoms with Gasteiger partial charge < -0.3 is 9.84 Å². The van der Waals surface area contributed by atoms with Crippen molar-refractivity contribution in [2.45, 2.75) is 19.6 Å². The van der Waals surface area contributed by atoms with Crippen molar-refractivity contribution in [1.29, 1.82) is 0 Å². The zero-order valence-electron chi connectivity index (χ0n) is 10.4. The number of aliphatic hydroxyl groups is 1. The molecule has 2 atom stereocenters. The van der Waals surface area contributed by atoms with Gasteiger partial charge in [0.2, 0.25) is 0 Å². The third-order valence-corrected chi connectivity index (χ3v) is 3.33. The fraction of sp³-hybridized carbons (Fsp3) is 0.571. The summed E-state index contributed by atoms with van der Waals surface area (Å²) in [6.07, 6.45) is 0.554. The van der Waals surface area contributed by atoms with Crippen LogP contribution in [0.25, 0.3) is 0 Å². The molecule has 0 radical (unpaired) electrons. The van der Waals surface area contributed by atoms with E-state index in [0.717, 1.165) is 32.7 Å². The first kappa shape index (κ1) is 12.6. The highest BCUT2D eigenvalue weighted by molar-refractivity contribution is 5.15. The van der Waals surface area contributed by atoms with Crippen LogP contribution in [0.5, 0.6) is 0 Å². The van der Waals surface area contributed by atoms with Gasteiger partial charge in [-0.05, 0) is 17.9 Å². The van der Waals surface area contributed by atoms with Gasteiger partial charge in [-0.15, -0.1) is 0 Å². The maximum absolute atomic E-state index is 10.3. The molecule has 1 aromatic rings. The average Bonchev–Trinajstić information content (AvgIpc) is 2.40. The quantitative estimate of drug-likeness (QED) is 0.859. The van der Waals surface area contributed by atoms with Gasteiger partial charge in [0.1, 0.15) is 6.23 Å². The molecule has 1 aliphatic rings. The summed E-state index contributed by atoms with van der Waals surface area (Å²) >= 11 is 0. The lowest BCUT2D eigenvalue weighted by molar-refractivity contribution is -0.0820. The Morgan fingerprint density at radius 3 is 2.53 bits per heavy atom. The molecule has 0 amide bonds. The number of ether oxygens (including phenoxy) is 1. The van der Waals surface area contributed by atoms with E-state index in [0.29, 0.717) is 0 Å². The molecule has 2 unspecified atom stereocenters. The minimum Gasteiger partial charge on any atom is -0.379 e. The molecular formula is C14H21NO2. The highest BCUT2D eigenvalue weighted by Gasteiger charge is 2.23. The predicted molar refractivity (Wildman–Crippen MR) is 67.7 cm³/mol. The normalized spacial score (nSPS) is 21.1. The van der Waals surface area contributed by atoms with E-state index in [9.17, 15) is 5.11 Å². The van der Waals surface area contributed by atoms with Gasteiger partial charge in [0, 0.05) is 13.1 Å². The van der Waals surface area contributed by atoms with E-state index in [1.54, 1.807) is 0 Å². The molecule has 1 saturated heterocycles. The smallest absolute Gasteiger partial charge is 0.110 e. The summed E-state index contributed by atoms with van der Waals surface area (Å²) in [6.45, 7) is 5.23. The molecule has 94 valence electrons. The van der Waals surface area contributed by atoms with Gasteiger partial charge >= 0.3 is 0 Å². The van der Waals surface area contributed by atoms with E-state index in [-0.39, 0.29) is 12.1 Å². The van der Waals surface area contributed by atoms with Gasteiger partial charge in [0.05, 0.1) is 13.2 Å². The van der Waals surface area contributed by atoms with Crippen molar-refractivity contribution in [2.24, 2.45) is 5.92 Å². The Kier molecular flexibility index (Phi) is 4.54. The lowest BCUT2D eigenvalue weighted by Gasteiger charge is -2.34. The van der Waals surface area contributed by atoms with E-state index in [4.69, 9.17) is 4.74 Å². The highest BCUT2D eigenvalue weighted by Crippen LogP contribution is 2.16. The average molecular weight is 235 g/mol. The molecular weight excluding hydrogens is 214 g/mol. The van der Waals surface area contributed by atoms with Gasteiger partial charge in [-0.2, -0.15) is 0 Å². The molecule has 0 saturated carbocycles. The number of nitrogens with zero attached hydrogens (tertiary/aromatic N) is 1. The van der Waals surface area contributed by atoms with E-state index in [2.05, 4.69) is 24.0 Å². The standard InChI is InChI=1S/C14H21NO2/c1-12(11-13-5-3-2-4-6-13)14(16)15-7-9-17-10-8-15/h2-6,12,14,16H,7-11H2,1H3.